The van der Waals surface area contributed by atoms with Gasteiger partial charge in [-0.25, -0.2) is 0 Å². The highest BCUT2D eigenvalue weighted by molar-refractivity contribution is 7.18. The van der Waals surface area contributed by atoms with Crippen molar-refractivity contribution in [1.29, 1.82) is 0 Å². The molecule has 0 spiro atoms. The molecule has 2 N–H and O–H groups in total. The van der Waals surface area contributed by atoms with Crippen LogP contribution in [-0.2, 0) is 9.47 Å². The molecule has 1 aromatic heterocycles. The van der Waals surface area contributed by atoms with Crippen molar-refractivity contribution >= 4 is 22.2 Å². The zero-order chi connectivity index (χ0) is 14.9. The van der Waals surface area contributed by atoms with E-state index in [1.54, 1.807) is 0 Å². The van der Waals surface area contributed by atoms with Crippen LogP contribution in [0.2, 0.25) is 0 Å². The Labute approximate surface area is 127 Å². The lowest BCUT2D eigenvalue weighted by Gasteiger charge is -2.37. The Kier molecular flexibility index (Phi) is 4.05. The van der Waals surface area contributed by atoms with E-state index in [2.05, 4.69) is 11.8 Å². The molecule has 0 unspecified atom stereocenters. The molecule has 2 aliphatic heterocycles. The average Bonchev–Trinajstić information content (AvgIpc) is 2.88. The number of nitrogens with two attached hydrogens (primary N) is 1. The second-order valence-electron chi connectivity index (χ2n) is 5.83. The highest BCUT2D eigenvalue weighted by Gasteiger charge is 2.35. The van der Waals surface area contributed by atoms with Crippen molar-refractivity contribution < 1.29 is 19.0 Å². The third-order valence-corrected chi connectivity index (χ3v) is 4.90. The molecule has 0 aliphatic carbocycles. The fourth-order valence-electron chi connectivity index (χ4n) is 2.37. The maximum absolute atomic E-state index is 11.6. The van der Waals surface area contributed by atoms with Crippen LogP contribution in [0.5, 0.6) is 5.75 Å². The van der Waals surface area contributed by atoms with Gasteiger partial charge in [-0.15, -0.1) is 11.3 Å². The van der Waals surface area contributed by atoms with Crippen LogP contribution in [0.25, 0.3) is 0 Å². The predicted octanol–water partition coefficient (Wildman–Crippen LogP) is 1.10. The van der Waals surface area contributed by atoms with Gasteiger partial charge in [0.2, 0.25) is 0 Å². The lowest BCUT2D eigenvalue weighted by Crippen LogP contribution is -2.44. The number of nitrogens with zero attached hydrogens (tertiary/aromatic N) is 1. The number of carbonyl (C=O) groups is 1. The Hall–Kier alpha value is -1.31. The zero-order valence-electron chi connectivity index (χ0n) is 12.1. The number of hydrogen-bond acceptors (Lipinski definition) is 6. The van der Waals surface area contributed by atoms with Gasteiger partial charge in [-0.3, -0.25) is 4.79 Å². The first-order chi connectivity index (χ1) is 10.1. The van der Waals surface area contributed by atoms with Crippen LogP contribution < -0.4 is 15.4 Å². The number of ether oxygens (including phenoxy) is 3. The molecule has 0 bridgehead atoms. The summed E-state index contributed by atoms with van der Waals surface area (Å²) in [5, 5.41) is 1.01. The number of hydrogen-bond donors (Lipinski definition) is 1. The molecule has 1 aromatic rings. The average molecular weight is 312 g/mol. The maximum Gasteiger partial charge on any atom is 0.262 e. The van der Waals surface area contributed by atoms with Gasteiger partial charge in [-0.2, -0.15) is 0 Å². The van der Waals surface area contributed by atoms with E-state index in [1.165, 1.54) is 11.3 Å². The number of amides is 1. The summed E-state index contributed by atoms with van der Waals surface area (Å²) in [5.74, 6) is 0.145. The van der Waals surface area contributed by atoms with E-state index in [4.69, 9.17) is 19.9 Å². The maximum atomic E-state index is 11.6. The van der Waals surface area contributed by atoms with Crippen LogP contribution in [0.4, 0.5) is 5.00 Å². The van der Waals surface area contributed by atoms with Gasteiger partial charge in [0.05, 0.1) is 38.0 Å². The van der Waals surface area contributed by atoms with Crippen LogP contribution in [-0.4, -0.2) is 52.0 Å². The lowest BCUT2D eigenvalue weighted by atomic mass is 9.90. The van der Waals surface area contributed by atoms with Crippen molar-refractivity contribution in [2.45, 2.75) is 6.92 Å². The number of morpholine rings is 1. The monoisotopic (exact) mass is 312 g/mol. The molecular weight excluding hydrogens is 292 g/mol. The van der Waals surface area contributed by atoms with E-state index in [0.29, 0.717) is 43.7 Å². The molecule has 0 aromatic carbocycles. The molecule has 6 nitrogen and oxygen atoms in total. The second kappa shape index (κ2) is 5.82. The first kappa shape index (κ1) is 14.6. The quantitative estimate of drug-likeness (QED) is 0.881. The minimum Gasteiger partial charge on any atom is -0.491 e. The highest BCUT2D eigenvalue weighted by atomic mass is 32.1. The molecule has 0 saturated carbocycles. The Bertz CT molecular complexity index is 521. The summed E-state index contributed by atoms with van der Waals surface area (Å²) in [6, 6.07) is 1.92. The van der Waals surface area contributed by atoms with Crippen molar-refractivity contribution in [3.8, 4) is 5.75 Å². The molecule has 116 valence electrons. The number of rotatable bonds is 5. The first-order valence-corrected chi connectivity index (χ1v) is 7.86. The largest absolute Gasteiger partial charge is 0.491 e. The zero-order valence-corrected chi connectivity index (χ0v) is 12.9. The lowest BCUT2D eigenvalue weighted by molar-refractivity contribution is -0.120. The summed E-state index contributed by atoms with van der Waals surface area (Å²) < 4.78 is 16.4. The van der Waals surface area contributed by atoms with Gasteiger partial charge in [0.25, 0.3) is 5.91 Å². The standard InChI is InChI=1S/C14H20N2O4S/c1-14(7-19-8-14)9-20-10-6-11(21-12(10)13(15)17)16-2-4-18-5-3-16/h6H,2-5,7-9H2,1H3,(H2,15,17). The molecule has 2 aliphatic rings. The molecule has 0 atom stereocenters. The van der Waals surface area contributed by atoms with Crippen LogP contribution in [0, 0.1) is 5.41 Å². The van der Waals surface area contributed by atoms with Crippen LogP contribution in [0.3, 0.4) is 0 Å². The molecule has 21 heavy (non-hydrogen) atoms. The van der Waals surface area contributed by atoms with E-state index in [1.807, 2.05) is 6.07 Å². The van der Waals surface area contributed by atoms with E-state index < -0.39 is 5.91 Å². The topological polar surface area (TPSA) is 74.0 Å². The number of primary amides is 1. The van der Waals surface area contributed by atoms with Gasteiger partial charge < -0.3 is 24.8 Å². The number of carbonyl (C=O) groups excluding carboxylic acids is 1. The molecule has 3 rings (SSSR count). The van der Waals surface area contributed by atoms with Gasteiger partial charge in [-0.05, 0) is 0 Å². The third-order valence-electron chi connectivity index (χ3n) is 3.71. The summed E-state index contributed by atoms with van der Waals surface area (Å²) in [5.41, 5.74) is 5.50. The predicted molar refractivity (Wildman–Crippen MR) is 80.3 cm³/mol. The SMILES string of the molecule is CC1(COc2cc(N3CCOCC3)sc2C(N)=O)COC1. The fourth-order valence-corrected chi connectivity index (χ4v) is 3.37. The molecule has 2 saturated heterocycles. The van der Waals surface area contributed by atoms with Crippen molar-refractivity contribution in [2.24, 2.45) is 11.1 Å². The first-order valence-electron chi connectivity index (χ1n) is 7.04. The van der Waals surface area contributed by atoms with Crippen LogP contribution >= 0.6 is 11.3 Å². The summed E-state index contributed by atoms with van der Waals surface area (Å²) >= 11 is 1.39. The minimum atomic E-state index is -0.440. The Balaban J connectivity index is 1.74. The van der Waals surface area contributed by atoms with E-state index >= 15 is 0 Å². The van der Waals surface area contributed by atoms with E-state index in [0.717, 1.165) is 18.1 Å². The van der Waals surface area contributed by atoms with Gasteiger partial charge in [0, 0.05) is 24.6 Å². The van der Waals surface area contributed by atoms with Crippen LogP contribution in [0.15, 0.2) is 6.07 Å². The smallest absolute Gasteiger partial charge is 0.262 e. The second-order valence-corrected chi connectivity index (χ2v) is 6.86. The van der Waals surface area contributed by atoms with Gasteiger partial charge in [-0.1, -0.05) is 6.92 Å². The molecular formula is C14H20N2O4S. The summed E-state index contributed by atoms with van der Waals surface area (Å²) in [6.07, 6.45) is 0. The van der Waals surface area contributed by atoms with Crippen LogP contribution in [0.1, 0.15) is 16.6 Å². The van der Waals surface area contributed by atoms with Gasteiger partial charge >= 0.3 is 0 Å². The van der Waals surface area contributed by atoms with Gasteiger partial charge in [0.15, 0.2) is 0 Å². The molecule has 1 amide bonds. The highest BCUT2D eigenvalue weighted by Crippen LogP contribution is 2.37. The fraction of sp³-hybridized carbons (Fsp3) is 0.643. The van der Waals surface area contributed by atoms with Gasteiger partial charge in [0.1, 0.15) is 10.6 Å². The van der Waals surface area contributed by atoms with E-state index in [9.17, 15) is 4.79 Å². The molecule has 2 fully saturated rings. The summed E-state index contributed by atoms with van der Waals surface area (Å²) in [4.78, 5) is 14.3. The molecule has 0 radical (unpaired) electrons. The normalized spacial score (nSPS) is 20.9. The van der Waals surface area contributed by atoms with Crippen molar-refractivity contribution in [2.75, 3.05) is 51.0 Å². The third kappa shape index (κ3) is 3.14. The Morgan fingerprint density at radius 3 is 2.71 bits per heavy atom. The number of thiophene rings is 1. The van der Waals surface area contributed by atoms with Crippen molar-refractivity contribution in [1.82, 2.24) is 0 Å². The molecule has 3 heterocycles. The Morgan fingerprint density at radius 1 is 1.43 bits per heavy atom. The summed E-state index contributed by atoms with van der Waals surface area (Å²) in [6.45, 7) is 7.08. The molecule has 7 heteroatoms. The summed E-state index contributed by atoms with van der Waals surface area (Å²) in [7, 11) is 0. The number of anilines is 1. The van der Waals surface area contributed by atoms with Crippen molar-refractivity contribution in [3.05, 3.63) is 10.9 Å². The van der Waals surface area contributed by atoms with E-state index in [-0.39, 0.29) is 5.41 Å². The Morgan fingerprint density at radius 2 is 2.14 bits per heavy atom. The minimum absolute atomic E-state index is 0.0377. The van der Waals surface area contributed by atoms with Crippen molar-refractivity contribution in [3.63, 3.8) is 0 Å².